The van der Waals surface area contributed by atoms with Gasteiger partial charge in [0.2, 0.25) is 0 Å². The van der Waals surface area contributed by atoms with Gasteiger partial charge in [-0.1, -0.05) is 12.1 Å². The Balaban J connectivity index is 1.74. The molecule has 0 radical (unpaired) electrons. The summed E-state index contributed by atoms with van der Waals surface area (Å²) >= 11 is 0. The van der Waals surface area contributed by atoms with Crippen LogP contribution < -0.4 is 10.5 Å². The van der Waals surface area contributed by atoms with E-state index < -0.39 is 0 Å². The highest BCUT2D eigenvalue weighted by atomic mass is 16.5. The summed E-state index contributed by atoms with van der Waals surface area (Å²) in [7, 11) is 1.73. The van der Waals surface area contributed by atoms with Crippen molar-refractivity contribution in [3.8, 4) is 5.75 Å². The maximum atomic E-state index is 9.36. The minimum absolute atomic E-state index is 0.0771. The Bertz CT molecular complexity index is 434. The zero-order valence-electron chi connectivity index (χ0n) is 13.6. The van der Waals surface area contributed by atoms with Crippen LogP contribution in [0.25, 0.3) is 0 Å². The Labute approximate surface area is 133 Å². The van der Waals surface area contributed by atoms with Gasteiger partial charge in [0.15, 0.2) is 0 Å². The fourth-order valence-electron chi connectivity index (χ4n) is 3.14. The monoisotopic (exact) mass is 307 g/mol. The molecule has 0 saturated heterocycles. The lowest BCUT2D eigenvalue weighted by atomic mass is 9.94. The number of aliphatic hydroxyl groups is 1. The summed E-state index contributed by atoms with van der Waals surface area (Å²) in [6.07, 6.45) is 6.09. The average Bonchev–Trinajstić information content (AvgIpc) is 2.94. The summed E-state index contributed by atoms with van der Waals surface area (Å²) < 4.78 is 10.8. The first-order valence-electron chi connectivity index (χ1n) is 8.28. The van der Waals surface area contributed by atoms with Gasteiger partial charge in [0.1, 0.15) is 5.75 Å². The Morgan fingerprint density at radius 2 is 1.91 bits per heavy atom. The second-order valence-electron chi connectivity index (χ2n) is 6.43. The first kappa shape index (κ1) is 17.3. The largest absolute Gasteiger partial charge is 0.494 e. The molecule has 124 valence electrons. The zero-order chi connectivity index (χ0) is 15.8. The summed E-state index contributed by atoms with van der Waals surface area (Å²) in [6.45, 7) is 1.66. The minimum atomic E-state index is -0.387. The van der Waals surface area contributed by atoms with Crippen LogP contribution in [0.2, 0.25) is 0 Å². The smallest absolute Gasteiger partial charge is 0.119 e. The molecule has 1 saturated carbocycles. The molecule has 1 fully saturated rings. The first-order valence-corrected chi connectivity index (χ1v) is 8.28. The summed E-state index contributed by atoms with van der Waals surface area (Å²) in [6, 6.07) is 8.35. The number of hydrogen-bond donors (Lipinski definition) is 2. The highest BCUT2D eigenvalue weighted by Gasteiger charge is 2.35. The molecule has 1 aliphatic carbocycles. The summed E-state index contributed by atoms with van der Waals surface area (Å²) in [4.78, 5) is 0. The van der Waals surface area contributed by atoms with Crippen LogP contribution in [0.4, 0.5) is 0 Å². The van der Waals surface area contributed by atoms with Crippen LogP contribution in [0.15, 0.2) is 24.3 Å². The van der Waals surface area contributed by atoms with Gasteiger partial charge in [-0.25, -0.2) is 0 Å². The average molecular weight is 307 g/mol. The van der Waals surface area contributed by atoms with Crippen molar-refractivity contribution >= 4 is 0 Å². The first-order chi connectivity index (χ1) is 10.7. The lowest BCUT2D eigenvalue weighted by Gasteiger charge is -2.21. The lowest BCUT2D eigenvalue weighted by Crippen LogP contribution is -2.40. The van der Waals surface area contributed by atoms with E-state index in [2.05, 4.69) is 12.1 Å². The molecule has 0 unspecified atom stereocenters. The van der Waals surface area contributed by atoms with E-state index in [0.717, 1.165) is 57.5 Å². The molecule has 0 bridgehead atoms. The normalized spacial score (nSPS) is 24.6. The molecule has 0 aliphatic heterocycles. The van der Waals surface area contributed by atoms with Crippen molar-refractivity contribution in [1.82, 2.24) is 0 Å². The molecule has 3 N–H and O–H groups in total. The van der Waals surface area contributed by atoms with Crippen molar-refractivity contribution in [2.24, 2.45) is 5.73 Å². The lowest BCUT2D eigenvalue weighted by molar-refractivity contribution is 0.189. The van der Waals surface area contributed by atoms with Gasteiger partial charge in [-0.3, -0.25) is 0 Å². The Morgan fingerprint density at radius 1 is 1.18 bits per heavy atom. The highest BCUT2D eigenvalue weighted by Crippen LogP contribution is 2.39. The Morgan fingerprint density at radius 3 is 2.55 bits per heavy atom. The second kappa shape index (κ2) is 8.51. The van der Waals surface area contributed by atoms with Gasteiger partial charge in [-0.15, -0.1) is 0 Å². The molecule has 1 aromatic rings. The molecule has 4 heteroatoms. The third kappa shape index (κ3) is 4.97. The van der Waals surface area contributed by atoms with Gasteiger partial charge < -0.3 is 20.3 Å². The molecular weight excluding hydrogens is 278 g/mol. The van der Waals surface area contributed by atoms with Crippen molar-refractivity contribution in [2.75, 3.05) is 26.9 Å². The molecule has 4 nitrogen and oxygen atoms in total. The van der Waals surface area contributed by atoms with E-state index in [4.69, 9.17) is 15.2 Å². The number of rotatable bonds is 9. The summed E-state index contributed by atoms with van der Waals surface area (Å²) in [5.74, 6) is 1.38. The SMILES string of the molecule is COCCCCCOc1ccc([C@@H]2CC[C@@](N)(CO)C2)cc1. The third-order valence-electron chi connectivity index (χ3n) is 4.57. The quantitative estimate of drug-likeness (QED) is 0.689. The van der Waals surface area contributed by atoms with Crippen LogP contribution in [-0.2, 0) is 4.74 Å². The van der Waals surface area contributed by atoms with Crippen LogP contribution in [0, 0.1) is 0 Å². The zero-order valence-corrected chi connectivity index (χ0v) is 13.6. The van der Waals surface area contributed by atoms with Gasteiger partial charge in [0.25, 0.3) is 0 Å². The maximum absolute atomic E-state index is 9.36. The molecule has 0 aromatic heterocycles. The van der Waals surface area contributed by atoms with Crippen molar-refractivity contribution in [3.05, 3.63) is 29.8 Å². The molecule has 2 atom stereocenters. The third-order valence-corrected chi connectivity index (χ3v) is 4.57. The van der Waals surface area contributed by atoms with Crippen LogP contribution in [0.3, 0.4) is 0 Å². The predicted octanol–water partition coefficient (Wildman–Crippen LogP) is 2.84. The fraction of sp³-hybridized carbons (Fsp3) is 0.667. The number of methoxy groups -OCH3 is 1. The topological polar surface area (TPSA) is 64.7 Å². The van der Waals surface area contributed by atoms with Crippen molar-refractivity contribution in [3.63, 3.8) is 0 Å². The summed E-state index contributed by atoms with van der Waals surface area (Å²) in [5, 5.41) is 9.36. The van der Waals surface area contributed by atoms with Gasteiger partial charge in [-0.05, 0) is 62.1 Å². The van der Waals surface area contributed by atoms with Crippen LogP contribution in [0.5, 0.6) is 5.75 Å². The minimum Gasteiger partial charge on any atom is -0.494 e. The van der Waals surface area contributed by atoms with Crippen LogP contribution >= 0.6 is 0 Å². The number of nitrogens with two attached hydrogens (primary N) is 1. The van der Waals surface area contributed by atoms with Gasteiger partial charge >= 0.3 is 0 Å². The molecule has 2 rings (SSSR count). The Kier molecular flexibility index (Phi) is 6.68. The van der Waals surface area contributed by atoms with Crippen LogP contribution in [-0.4, -0.2) is 37.6 Å². The van der Waals surface area contributed by atoms with Crippen molar-refractivity contribution < 1.29 is 14.6 Å². The predicted molar refractivity (Wildman–Crippen MR) is 88.3 cm³/mol. The molecule has 0 spiro atoms. The van der Waals surface area contributed by atoms with E-state index in [9.17, 15) is 5.11 Å². The second-order valence-corrected chi connectivity index (χ2v) is 6.43. The van der Waals surface area contributed by atoms with E-state index in [0.29, 0.717) is 5.92 Å². The standard InChI is InChI=1S/C18H29NO3/c1-21-11-3-2-4-12-22-17-7-5-15(6-8-17)16-9-10-18(19,13-16)14-20/h5-8,16,20H,2-4,9-14,19H2,1H3/t16-,18+/m1/s1. The molecule has 1 aliphatic rings. The summed E-state index contributed by atoms with van der Waals surface area (Å²) in [5.41, 5.74) is 7.06. The van der Waals surface area contributed by atoms with Crippen molar-refractivity contribution in [1.29, 1.82) is 0 Å². The molecule has 0 amide bonds. The number of aliphatic hydroxyl groups excluding tert-OH is 1. The van der Waals surface area contributed by atoms with Gasteiger partial charge in [-0.2, -0.15) is 0 Å². The van der Waals surface area contributed by atoms with E-state index in [1.807, 2.05) is 12.1 Å². The van der Waals surface area contributed by atoms with E-state index >= 15 is 0 Å². The molecule has 1 aromatic carbocycles. The number of hydrogen-bond acceptors (Lipinski definition) is 4. The van der Waals surface area contributed by atoms with Crippen LogP contribution in [0.1, 0.15) is 50.0 Å². The fourth-order valence-corrected chi connectivity index (χ4v) is 3.14. The van der Waals surface area contributed by atoms with E-state index in [1.54, 1.807) is 7.11 Å². The maximum Gasteiger partial charge on any atom is 0.119 e. The molecule has 22 heavy (non-hydrogen) atoms. The van der Waals surface area contributed by atoms with E-state index in [-0.39, 0.29) is 12.1 Å². The van der Waals surface area contributed by atoms with Gasteiger partial charge in [0, 0.05) is 19.3 Å². The Hall–Kier alpha value is -1.10. The highest BCUT2D eigenvalue weighted by molar-refractivity contribution is 5.30. The number of ether oxygens (including phenoxy) is 2. The van der Waals surface area contributed by atoms with E-state index in [1.165, 1.54) is 5.56 Å². The number of unbranched alkanes of at least 4 members (excludes halogenated alkanes) is 2. The molecule has 0 heterocycles. The number of benzene rings is 1. The van der Waals surface area contributed by atoms with Crippen molar-refractivity contribution in [2.45, 2.75) is 50.0 Å². The van der Waals surface area contributed by atoms with Gasteiger partial charge in [0.05, 0.1) is 13.2 Å². The molecular formula is C18H29NO3.